The van der Waals surface area contributed by atoms with Gasteiger partial charge in [0.05, 0.1) is 5.71 Å². The maximum atomic E-state index is 12.2. The van der Waals surface area contributed by atoms with Crippen molar-refractivity contribution in [2.24, 2.45) is 5.10 Å². The molecule has 1 aliphatic rings. The lowest BCUT2D eigenvalue weighted by molar-refractivity contribution is -0.127. The second-order valence-corrected chi connectivity index (χ2v) is 6.42. The van der Waals surface area contributed by atoms with Gasteiger partial charge in [0.15, 0.2) is 6.10 Å². The summed E-state index contributed by atoms with van der Waals surface area (Å²) >= 11 is 0. The Hall–Kier alpha value is -3.02. The van der Waals surface area contributed by atoms with E-state index in [2.05, 4.69) is 16.6 Å². The first-order valence-corrected chi connectivity index (χ1v) is 8.59. The second kappa shape index (κ2) is 7.47. The summed E-state index contributed by atoms with van der Waals surface area (Å²) < 4.78 is 5.71. The average Bonchev–Trinajstić information content (AvgIpc) is 3.09. The van der Waals surface area contributed by atoms with E-state index in [1.165, 1.54) is 29.3 Å². The van der Waals surface area contributed by atoms with E-state index in [-0.39, 0.29) is 11.5 Å². The van der Waals surface area contributed by atoms with Gasteiger partial charge >= 0.3 is 0 Å². The lowest BCUT2D eigenvalue weighted by Gasteiger charge is -2.14. The first kappa shape index (κ1) is 17.8. The molecule has 136 valence electrons. The van der Waals surface area contributed by atoms with Crippen molar-refractivity contribution in [3.63, 3.8) is 0 Å². The minimum absolute atomic E-state index is 0.00647. The molecule has 1 aliphatic carbocycles. The van der Waals surface area contributed by atoms with Crippen molar-refractivity contribution < 1.29 is 19.7 Å². The maximum Gasteiger partial charge on any atom is 0.280 e. The number of fused-ring (bicyclic) bond motifs is 1. The number of benzene rings is 2. The number of amides is 1. The van der Waals surface area contributed by atoms with Crippen molar-refractivity contribution >= 4 is 11.6 Å². The summed E-state index contributed by atoms with van der Waals surface area (Å²) in [5.74, 6) is 0.247. The molecule has 2 aromatic rings. The van der Waals surface area contributed by atoms with Crippen LogP contribution in [0, 0.1) is 0 Å². The molecule has 0 fully saturated rings. The van der Waals surface area contributed by atoms with E-state index in [1.807, 2.05) is 12.1 Å². The van der Waals surface area contributed by atoms with Crippen molar-refractivity contribution in [1.82, 2.24) is 5.43 Å². The monoisotopic (exact) mass is 354 g/mol. The molecule has 0 bridgehead atoms. The summed E-state index contributed by atoms with van der Waals surface area (Å²) in [6.45, 7) is 3.28. The molecule has 26 heavy (non-hydrogen) atoms. The van der Waals surface area contributed by atoms with Gasteiger partial charge in [-0.3, -0.25) is 4.79 Å². The Labute approximate surface area is 152 Å². The fourth-order valence-electron chi connectivity index (χ4n) is 2.98. The highest BCUT2D eigenvalue weighted by atomic mass is 16.5. The number of phenolic OH excluding ortho intramolecular Hbond substituents is 2. The second-order valence-electron chi connectivity index (χ2n) is 6.42. The van der Waals surface area contributed by atoms with Crippen LogP contribution >= 0.6 is 0 Å². The van der Waals surface area contributed by atoms with Crippen molar-refractivity contribution in [2.75, 3.05) is 0 Å². The van der Waals surface area contributed by atoms with Crippen molar-refractivity contribution in [3.05, 3.63) is 53.1 Å². The van der Waals surface area contributed by atoms with Crippen LogP contribution in [0.25, 0.3) is 0 Å². The summed E-state index contributed by atoms with van der Waals surface area (Å²) in [6, 6.07) is 10.0. The summed E-state index contributed by atoms with van der Waals surface area (Å²) in [4.78, 5) is 12.2. The van der Waals surface area contributed by atoms with Gasteiger partial charge in [-0.05, 0) is 74.6 Å². The van der Waals surface area contributed by atoms with Gasteiger partial charge in [0.25, 0.3) is 5.91 Å². The molecule has 0 aromatic heterocycles. The molecule has 1 unspecified atom stereocenters. The number of hydrogen-bond donors (Lipinski definition) is 3. The number of carbonyl (C=O) groups is 1. The number of aromatic hydroxyl groups is 2. The molecule has 0 radical (unpaired) electrons. The Balaban J connectivity index is 1.63. The predicted octanol–water partition coefficient (Wildman–Crippen LogP) is 2.89. The zero-order chi connectivity index (χ0) is 18.7. The number of carbonyl (C=O) groups excluding carboxylic acids is 1. The Morgan fingerprint density at radius 3 is 2.73 bits per heavy atom. The Morgan fingerprint density at radius 2 is 1.92 bits per heavy atom. The van der Waals surface area contributed by atoms with Crippen LogP contribution in [-0.4, -0.2) is 27.9 Å². The average molecular weight is 354 g/mol. The van der Waals surface area contributed by atoms with Crippen LogP contribution in [0.2, 0.25) is 0 Å². The largest absolute Gasteiger partial charge is 0.508 e. The Kier molecular flexibility index (Phi) is 5.11. The van der Waals surface area contributed by atoms with E-state index in [0.717, 1.165) is 19.3 Å². The molecule has 0 heterocycles. The zero-order valence-corrected chi connectivity index (χ0v) is 14.8. The molecule has 0 saturated carbocycles. The fourth-order valence-corrected chi connectivity index (χ4v) is 2.98. The normalized spacial score (nSPS) is 14.6. The third kappa shape index (κ3) is 3.96. The maximum absolute atomic E-state index is 12.2. The smallest absolute Gasteiger partial charge is 0.280 e. The van der Waals surface area contributed by atoms with Crippen molar-refractivity contribution in [2.45, 2.75) is 39.2 Å². The van der Waals surface area contributed by atoms with Crippen LogP contribution in [0.4, 0.5) is 0 Å². The van der Waals surface area contributed by atoms with Gasteiger partial charge in [0.2, 0.25) is 0 Å². The standard InChI is InChI=1S/C20H22N2O4/c1-12(18-11-16(23)7-9-19(18)24)21-22-20(25)13(2)26-17-8-6-14-4-3-5-15(14)10-17/h6-11,13,23-24H,3-5H2,1-2H3,(H,22,25). The van der Waals surface area contributed by atoms with E-state index in [1.54, 1.807) is 13.8 Å². The van der Waals surface area contributed by atoms with E-state index >= 15 is 0 Å². The summed E-state index contributed by atoms with van der Waals surface area (Å²) in [7, 11) is 0. The lowest BCUT2D eigenvalue weighted by atomic mass is 10.1. The number of ether oxygens (including phenoxy) is 1. The Morgan fingerprint density at radius 1 is 1.15 bits per heavy atom. The minimum atomic E-state index is -0.719. The number of hydrazone groups is 1. The summed E-state index contributed by atoms with van der Waals surface area (Å²) in [5, 5.41) is 23.3. The fraction of sp³-hybridized carbons (Fsp3) is 0.300. The number of aryl methyl sites for hydroxylation is 2. The third-order valence-electron chi connectivity index (χ3n) is 4.46. The molecular formula is C20H22N2O4. The lowest BCUT2D eigenvalue weighted by Crippen LogP contribution is -2.34. The van der Waals surface area contributed by atoms with Crippen LogP contribution in [0.15, 0.2) is 41.5 Å². The molecule has 3 N–H and O–H groups in total. The van der Waals surface area contributed by atoms with Gasteiger partial charge in [-0.2, -0.15) is 5.10 Å². The quantitative estimate of drug-likeness (QED) is 0.437. The van der Waals surface area contributed by atoms with Gasteiger partial charge in [0.1, 0.15) is 17.2 Å². The highest BCUT2D eigenvalue weighted by molar-refractivity contribution is 6.01. The molecule has 0 aliphatic heterocycles. The molecule has 0 spiro atoms. The highest BCUT2D eigenvalue weighted by Gasteiger charge is 2.17. The first-order chi connectivity index (χ1) is 12.4. The molecule has 1 atom stereocenters. The number of phenols is 2. The van der Waals surface area contributed by atoms with Crippen molar-refractivity contribution in [3.8, 4) is 17.2 Å². The summed E-state index contributed by atoms with van der Waals surface area (Å²) in [5.41, 5.74) is 5.78. The Bertz CT molecular complexity index is 861. The topological polar surface area (TPSA) is 91.2 Å². The van der Waals surface area contributed by atoms with Gasteiger partial charge in [-0.25, -0.2) is 5.43 Å². The SMILES string of the molecule is CC(=NNC(=O)C(C)Oc1ccc2c(c1)CCC2)c1cc(O)ccc1O. The van der Waals surface area contributed by atoms with Gasteiger partial charge in [-0.1, -0.05) is 6.07 Å². The highest BCUT2D eigenvalue weighted by Crippen LogP contribution is 2.26. The van der Waals surface area contributed by atoms with Crippen LogP contribution in [-0.2, 0) is 17.6 Å². The molecule has 2 aromatic carbocycles. The molecule has 0 saturated heterocycles. The third-order valence-corrected chi connectivity index (χ3v) is 4.46. The first-order valence-electron chi connectivity index (χ1n) is 8.59. The number of hydrogen-bond acceptors (Lipinski definition) is 5. The van der Waals surface area contributed by atoms with Crippen LogP contribution < -0.4 is 10.2 Å². The number of nitrogens with one attached hydrogen (secondary N) is 1. The van der Waals surface area contributed by atoms with E-state index in [9.17, 15) is 15.0 Å². The van der Waals surface area contributed by atoms with Gasteiger partial charge < -0.3 is 14.9 Å². The molecular weight excluding hydrogens is 332 g/mol. The van der Waals surface area contributed by atoms with Gasteiger partial charge in [-0.15, -0.1) is 0 Å². The van der Waals surface area contributed by atoms with E-state index in [4.69, 9.17) is 4.74 Å². The van der Waals surface area contributed by atoms with Crippen LogP contribution in [0.1, 0.15) is 37.0 Å². The summed E-state index contributed by atoms with van der Waals surface area (Å²) in [6.07, 6.45) is 2.58. The molecule has 1 amide bonds. The van der Waals surface area contributed by atoms with Crippen LogP contribution in [0.5, 0.6) is 17.2 Å². The predicted molar refractivity (Wildman–Crippen MR) is 98.7 cm³/mol. The van der Waals surface area contributed by atoms with E-state index < -0.39 is 12.0 Å². The van der Waals surface area contributed by atoms with Crippen LogP contribution in [0.3, 0.4) is 0 Å². The zero-order valence-electron chi connectivity index (χ0n) is 14.8. The van der Waals surface area contributed by atoms with E-state index in [0.29, 0.717) is 17.0 Å². The molecule has 6 heteroatoms. The number of rotatable bonds is 5. The van der Waals surface area contributed by atoms with Gasteiger partial charge in [0, 0.05) is 5.56 Å². The van der Waals surface area contributed by atoms with Crippen molar-refractivity contribution in [1.29, 1.82) is 0 Å². The number of nitrogens with zero attached hydrogens (tertiary/aromatic N) is 1. The molecule has 3 rings (SSSR count). The minimum Gasteiger partial charge on any atom is -0.508 e. The molecule has 6 nitrogen and oxygen atoms in total.